The van der Waals surface area contributed by atoms with Crippen LogP contribution in [0.1, 0.15) is 16.9 Å². The lowest BCUT2D eigenvalue weighted by Gasteiger charge is -2.03. The highest BCUT2D eigenvalue weighted by Crippen LogP contribution is 2.22. The summed E-state index contributed by atoms with van der Waals surface area (Å²) in [6.45, 7) is 1.38. The molecule has 2 N–H and O–H groups in total. The molecule has 0 radical (unpaired) electrons. The van der Waals surface area contributed by atoms with E-state index < -0.39 is 0 Å². The van der Waals surface area contributed by atoms with E-state index in [1.165, 1.54) is 0 Å². The van der Waals surface area contributed by atoms with Crippen molar-refractivity contribution >= 4 is 17.2 Å². The van der Waals surface area contributed by atoms with E-state index >= 15 is 0 Å². The maximum Gasteiger partial charge on any atom is 0.271 e. The van der Waals surface area contributed by atoms with Crippen LogP contribution in [0.5, 0.6) is 0 Å². The first-order valence-corrected chi connectivity index (χ1v) is 7.56. The molecule has 0 bridgehead atoms. The molecule has 0 atom stereocenters. The van der Waals surface area contributed by atoms with E-state index in [-0.39, 0.29) is 5.91 Å². The van der Waals surface area contributed by atoms with E-state index in [1.807, 2.05) is 34.5 Å². The molecule has 0 saturated heterocycles. The summed E-state index contributed by atoms with van der Waals surface area (Å²) in [6, 6.07) is 7.61. The third-order valence-electron chi connectivity index (χ3n) is 3.01. The Labute approximate surface area is 125 Å². The van der Waals surface area contributed by atoms with Gasteiger partial charge in [0.2, 0.25) is 0 Å². The van der Waals surface area contributed by atoms with Gasteiger partial charge in [0.05, 0.1) is 10.6 Å². The van der Waals surface area contributed by atoms with Crippen LogP contribution < -0.4 is 5.32 Å². The van der Waals surface area contributed by atoms with Gasteiger partial charge in [-0.15, -0.1) is 11.3 Å². The fraction of sp³-hybridized carbons (Fsp3) is 0.214. The fourth-order valence-corrected chi connectivity index (χ4v) is 2.65. The molecule has 108 valence electrons. The predicted molar refractivity (Wildman–Crippen MR) is 81.1 cm³/mol. The van der Waals surface area contributed by atoms with E-state index in [9.17, 15) is 4.79 Å². The number of hydrogen-bond donors (Lipinski definition) is 2. The molecule has 0 spiro atoms. The molecule has 0 aromatic carbocycles. The van der Waals surface area contributed by atoms with Crippen molar-refractivity contribution in [1.82, 2.24) is 25.3 Å². The summed E-state index contributed by atoms with van der Waals surface area (Å²) >= 11 is 1.61. The standard InChI is InChI=1S/C14H15N5OS/c20-14(15-5-2-7-19-8-3-6-16-19)12-10-11(17-18-12)13-4-1-9-21-13/h1,3-4,6,8-10H,2,5,7H2,(H,15,20)(H,17,18). The Balaban J connectivity index is 1.49. The Hall–Kier alpha value is -2.41. The molecule has 3 heterocycles. The van der Waals surface area contributed by atoms with E-state index in [2.05, 4.69) is 20.6 Å². The van der Waals surface area contributed by atoms with Gasteiger partial charge in [-0.05, 0) is 30.0 Å². The second-order valence-corrected chi connectivity index (χ2v) is 5.47. The quantitative estimate of drug-likeness (QED) is 0.685. The summed E-state index contributed by atoms with van der Waals surface area (Å²) in [5.74, 6) is -0.158. The summed E-state index contributed by atoms with van der Waals surface area (Å²) in [6.07, 6.45) is 4.48. The number of rotatable bonds is 6. The number of nitrogens with one attached hydrogen (secondary N) is 2. The first kappa shape index (κ1) is 13.6. The Kier molecular flexibility index (Phi) is 4.11. The van der Waals surface area contributed by atoms with Crippen molar-refractivity contribution in [2.75, 3.05) is 6.54 Å². The maximum atomic E-state index is 12.0. The zero-order valence-electron chi connectivity index (χ0n) is 11.3. The fourth-order valence-electron chi connectivity index (χ4n) is 1.96. The highest BCUT2D eigenvalue weighted by molar-refractivity contribution is 7.13. The van der Waals surface area contributed by atoms with E-state index in [0.717, 1.165) is 23.5 Å². The van der Waals surface area contributed by atoms with Gasteiger partial charge < -0.3 is 5.32 Å². The summed E-state index contributed by atoms with van der Waals surface area (Å²) in [5, 5.41) is 15.9. The number of thiophene rings is 1. The summed E-state index contributed by atoms with van der Waals surface area (Å²) in [5.41, 5.74) is 1.28. The van der Waals surface area contributed by atoms with Crippen molar-refractivity contribution in [1.29, 1.82) is 0 Å². The molecule has 0 aliphatic carbocycles. The molecule has 7 heteroatoms. The predicted octanol–water partition coefficient (Wildman–Crippen LogP) is 2.15. The largest absolute Gasteiger partial charge is 0.351 e. The zero-order chi connectivity index (χ0) is 14.5. The van der Waals surface area contributed by atoms with Gasteiger partial charge in [-0.1, -0.05) is 6.07 Å². The summed E-state index contributed by atoms with van der Waals surface area (Å²) < 4.78 is 1.84. The average molecular weight is 301 g/mol. The number of amides is 1. The summed E-state index contributed by atoms with van der Waals surface area (Å²) in [7, 11) is 0. The van der Waals surface area contributed by atoms with Gasteiger partial charge in [0.1, 0.15) is 0 Å². The molecule has 0 aliphatic heterocycles. The molecule has 0 aliphatic rings. The molecule has 0 fully saturated rings. The lowest BCUT2D eigenvalue weighted by molar-refractivity contribution is 0.0947. The number of carbonyl (C=O) groups excluding carboxylic acids is 1. The van der Waals surface area contributed by atoms with Gasteiger partial charge in [0, 0.05) is 25.5 Å². The number of aromatic amines is 1. The van der Waals surface area contributed by atoms with Crippen molar-refractivity contribution in [2.45, 2.75) is 13.0 Å². The highest BCUT2D eigenvalue weighted by atomic mass is 32.1. The molecular formula is C14H15N5OS. The number of nitrogens with zero attached hydrogens (tertiary/aromatic N) is 3. The SMILES string of the molecule is O=C(NCCCn1cccn1)c1cc(-c2cccs2)[nH]n1. The zero-order valence-corrected chi connectivity index (χ0v) is 12.1. The first-order valence-electron chi connectivity index (χ1n) is 6.68. The molecule has 3 rings (SSSR count). The number of aromatic nitrogens is 4. The number of aryl methyl sites for hydroxylation is 1. The van der Waals surface area contributed by atoms with Crippen molar-refractivity contribution in [3.63, 3.8) is 0 Å². The Morgan fingerprint density at radius 1 is 1.43 bits per heavy atom. The Morgan fingerprint density at radius 3 is 3.14 bits per heavy atom. The first-order chi connectivity index (χ1) is 10.3. The lowest BCUT2D eigenvalue weighted by Crippen LogP contribution is -2.25. The minimum atomic E-state index is -0.158. The number of hydrogen-bond acceptors (Lipinski definition) is 4. The van der Waals surface area contributed by atoms with Crippen molar-refractivity contribution in [3.8, 4) is 10.6 Å². The molecule has 0 saturated carbocycles. The van der Waals surface area contributed by atoms with Crippen molar-refractivity contribution in [3.05, 3.63) is 47.7 Å². The monoisotopic (exact) mass is 301 g/mol. The van der Waals surface area contributed by atoms with Crippen LogP contribution in [0, 0.1) is 0 Å². The van der Waals surface area contributed by atoms with Crippen LogP contribution in [0.15, 0.2) is 42.0 Å². The van der Waals surface area contributed by atoms with E-state index in [1.54, 1.807) is 23.6 Å². The number of carbonyl (C=O) groups is 1. The highest BCUT2D eigenvalue weighted by Gasteiger charge is 2.11. The topological polar surface area (TPSA) is 75.6 Å². The van der Waals surface area contributed by atoms with Crippen molar-refractivity contribution < 1.29 is 4.79 Å². The maximum absolute atomic E-state index is 12.0. The van der Waals surface area contributed by atoms with Crippen LogP contribution in [-0.4, -0.2) is 32.4 Å². The molecular weight excluding hydrogens is 286 g/mol. The van der Waals surface area contributed by atoms with Crippen LogP contribution >= 0.6 is 11.3 Å². The van der Waals surface area contributed by atoms with Gasteiger partial charge in [0.25, 0.3) is 5.91 Å². The van der Waals surface area contributed by atoms with Crippen LogP contribution in [0.25, 0.3) is 10.6 Å². The van der Waals surface area contributed by atoms with Crippen LogP contribution in [0.2, 0.25) is 0 Å². The minimum absolute atomic E-state index is 0.158. The van der Waals surface area contributed by atoms with Crippen LogP contribution in [0.4, 0.5) is 0 Å². The van der Waals surface area contributed by atoms with Gasteiger partial charge in [-0.2, -0.15) is 10.2 Å². The number of H-pyrrole nitrogens is 1. The normalized spacial score (nSPS) is 10.7. The molecule has 21 heavy (non-hydrogen) atoms. The van der Waals surface area contributed by atoms with Crippen LogP contribution in [-0.2, 0) is 6.54 Å². The minimum Gasteiger partial charge on any atom is -0.351 e. The van der Waals surface area contributed by atoms with Crippen LogP contribution in [0.3, 0.4) is 0 Å². The molecule has 1 amide bonds. The van der Waals surface area contributed by atoms with E-state index in [4.69, 9.17) is 0 Å². The van der Waals surface area contributed by atoms with Gasteiger partial charge in [-0.3, -0.25) is 14.6 Å². The third kappa shape index (κ3) is 3.38. The smallest absolute Gasteiger partial charge is 0.271 e. The van der Waals surface area contributed by atoms with Gasteiger partial charge in [-0.25, -0.2) is 0 Å². The Morgan fingerprint density at radius 2 is 2.38 bits per heavy atom. The summed E-state index contributed by atoms with van der Waals surface area (Å²) in [4.78, 5) is 13.0. The molecule has 3 aromatic heterocycles. The van der Waals surface area contributed by atoms with Gasteiger partial charge in [0.15, 0.2) is 5.69 Å². The van der Waals surface area contributed by atoms with Crippen molar-refractivity contribution in [2.24, 2.45) is 0 Å². The average Bonchev–Trinajstić information content (AvgIpc) is 3.25. The third-order valence-corrected chi connectivity index (χ3v) is 3.91. The molecule has 3 aromatic rings. The lowest BCUT2D eigenvalue weighted by atomic mass is 10.3. The molecule has 6 nitrogen and oxygen atoms in total. The second kappa shape index (κ2) is 6.36. The molecule has 0 unspecified atom stereocenters. The Bertz CT molecular complexity index is 687. The second-order valence-electron chi connectivity index (χ2n) is 4.52. The van der Waals surface area contributed by atoms with E-state index in [0.29, 0.717) is 12.2 Å². The van der Waals surface area contributed by atoms with Gasteiger partial charge >= 0.3 is 0 Å².